The van der Waals surface area contributed by atoms with E-state index in [4.69, 9.17) is 4.74 Å². The molecule has 2 rings (SSSR count). The quantitative estimate of drug-likeness (QED) is 0.927. The minimum Gasteiger partial charge on any atom is -0.444 e. The molecule has 2 atom stereocenters. The number of pyridine rings is 1. The third-order valence-electron chi connectivity index (χ3n) is 3.51. The number of amides is 2. The van der Waals surface area contributed by atoms with Gasteiger partial charge in [-0.3, -0.25) is 14.7 Å². The fourth-order valence-electron chi connectivity index (χ4n) is 2.29. The lowest BCUT2D eigenvalue weighted by molar-refractivity contribution is -0.131. The van der Waals surface area contributed by atoms with Crippen LogP contribution in [0, 0.1) is 5.82 Å². The van der Waals surface area contributed by atoms with Gasteiger partial charge in [-0.25, -0.2) is 9.18 Å². The molecule has 0 bridgehead atoms. The first-order chi connectivity index (χ1) is 10.7. The number of nitrogens with zero attached hydrogens (tertiary/aromatic N) is 2. The fraction of sp³-hybridized carbons (Fsp3) is 0.562. The first-order valence-electron chi connectivity index (χ1n) is 7.59. The second-order valence-corrected chi connectivity index (χ2v) is 6.58. The van der Waals surface area contributed by atoms with E-state index in [1.165, 1.54) is 23.2 Å². The SMILES string of the molecule is CC(NC(=O)[C@H]1CCN1C(=O)OC(C)(C)C)c1ncccc1F. The summed E-state index contributed by atoms with van der Waals surface area (Å²) < 4.78 is 18.9. The average molecular weight is 323 g/mol. The van der Waals surface area contributed by atoms with E-state index in [0.717, 1.165) is 0 Å². The Bertz CT molecular complexity index is 600. The van der Waals surface area contributed by atoms with Gasteiger partial charge in [0.05, 0.1) is 11.7 Å². The van der Waals surface area contributed by atoms with Crippen LogP contribution < -0.4 is 5.32 Å². The normalized spacial score (nSPS) is 18.8. The predicted octanol–water partition coefficient (Wildman–Crippen LogP) is 2.41. The Morgan fingerprint density at radius 3 is 2.70 bits per heavy atom. The Hall–Kier alpha value is -2.18. The Kier molecular flexibility index (Phi) is 4.87. The van der Waals surface area contributed by atoms with Gasteiger partial charge in [-0.1, -0.05) is 0 Å². The van der Waals surface area contributed by atoms with Crippen molar-refractivity contribution in [1.29, 1.82) is 0 Å². The van der Waals surface area contributed by atoms with Crippen LogP contribution in [0.1, 0.15) is 45.9 Å². The van der Waals surface area contributed by atoms with Crippen LogP contribution in [0.15, 0.2) is 18.3 Å². The third-order valence-corrected chi connectivity index (χ3v) is 3.51. The highest BCUT2D eigenvalue weighted by Gasteiger charge is 2.40. The molecule has 0 aromatic carbocycles. The van der Waals surface area contributed by atoms with Crippen LogP contribution in [0.2, 0.25) is 0 Å². The van der Waals surface area contributed by atoms with Gasteiger partial charge >= 0.3 is 6.09 Å². The van der Waals surface area contributed by atoms with Crippen LogP contribution in [0.3, 0.4) is 0 Å². The summed E-state index contributed by atoms with van der Waals surface area (Å²) >= 11 is 0. The maximum absolute atomic E-state index is 13.7. The topological polar surface area (TPSA) is 71.5 Å². The molecule has 1 aromatic heterocycles. The van der Waals surface area contributed by atoms with Crippen molar-refractivity contribution in [3.63, 3.8) is 0 Å². The van der Waals surface area contributed by atoms with Crippen molar-refractivity contribution in [3.8, 4) is 0 Å². The van der Waals surface area contributed by atoms with Crippen LogP contribution >= 0.6 is 0 Å². The number of halogens is 1. The van der Waals surface area contributed by atoms with Gasteiger partial charge in [-0.15, -0.1) is 0 Å². The van der Waals surface area contributed by atoms with Crippen molar-refractivity contribution in [1.82, 2.24) is 15.2 Å². The number of ether oxygens (including phenoxy) is 1. The molecular formula is C16H22FN3O3. The molecule has 23 heavy (non-hydrogen) atoms. The van der Waals surface area contributed by atoms with E-state index in [2.05, 4.69) is 10.3 Å². The molecule has 6 nitrogen and oxygen atoms in total. The Balaban J connectivity index is 1.96. The van der Waals surface area contributed by atoms with Crippen molar-refractivity contribution < 1.29 is 18.7 Å². The number of hydrogen-bond donors (Lipinski definition) is 1. The van der Waals surface area contributed by atoms with Gasteiger partial charge in [-0.2, -0.15) is 0 Å². The molecule has 1 aliphatic rings. The monoisotopic (exact) mass is 323 g/mol. The van der Waals surface area contributed by atoms with Crippen LogP contribution in [0.25, 0.3) is 0 Å². The second-order valence-electron chi connectivity index (χ2n) is 6.58. The van der Waals surface area contributed by atoms with E-state index in [1.54, 1.807) is 27.7 Å². The van der Waals surface area contributed by atoms with Crippen LogP contribution in [0.5, 0.6) is 0 Å². The molecule has 0 aliphatic carbocycles. The van der Waals surface area contributed by atoms with E-state index in [0.29, 0.717) is 13.0 Å². The molecule has 1 unspecified atom stereocenters. The van der Waals surface area contributed by atoms with Gasteiger partial charge in [-0.05, 0) is 46.2 Å². The minimum atomic E-state index is -0.613. The zero-order valence-corrected chi connectivity index (χ0v) is 13.8. The fourth-order valence-corrected chi connectivity index (χ4v) is 2.29. The zero-order valence-electron chi connectivity index (χ0n) is 13.8. The summed E-state index contributed by atoms with van der Waals surface area (Å²) in [6, 6.07) is 1.62. The maximum Gasteiger partial charge on any atom is 0.410 e. The molecule has 2 amide bonds. The van der Waals surface area contributed by atoms with Gasteiger partial charge < -0.3 is 10.1 Å². The van der Waals surface area contributed by atoms with Gasteiger partial charge in [0.1, 0.15) is 17.5 Å². The number of hydrogen-bond acceptors (Lipinski definition) is 4. The Morgan fingerprint density at radius 1 is 1.48 bits per heavy atom. The summed E-state index contributed by atoms with van der Waals surface area (Å²) in [4.78, 5) is 29.6. The van der Waals surface area contributed by atoms with Gasteiger partial charge in [0.25, 0.3) is 0 Å². The largest absolute Gasteiger partial charge is 0.444 e. The highest BCUT2D eigenvalue weighted by Crippen LogP contribution is 2.22. The summed E-state index contributed by atoms with van der Waals surface area (Å²) in [5.41, 5.74) is -0.443. The summed E-state index contributed by atoms with van der Waals surface area (Å²) in [6.45, 7) is 7.43. The molecular weight excluding hydrogens is 301 g/mol. The molecule has 1 N–H and O–H groups in total. The maximum atomic E-state index is 13.7. The summed E-state index contributed by atoms with van der Waals surface area (Å²) in [6.07, 6.45) is 1.51. The number of aromatic nitrogens is 1. The Labute approximate surface area is 135 Å². The minimum absolute atomic E-state index is 0.170. The highest BCUT2D eigenvalue weighted by molar-refractivity contribution is 5.87. The average Bonchev–Trinajstić information content (AvgIpc) is 2.34. The number of carbonyl (C=O) groups is 2. The molecule has 0 saturated carbocycles. The number of likely N-dealkylation sites (tertiary alicyclic amines) is 1. The third kappa shape index (κ3) is 4.18. The van der Waals surface area contributed by atoms with Crippen LogP contribution in [0.4, 0.5) is 9.18 Å². The van der Waals surface area contributed by atoms with Gasteiger partial charge in [0.2, 0.25) is 5.91 Å². The van der Waals surface area contributed by atoms with Crippen molar-refractivity contribution >= 4 is 12.0 Å². The first-order valence-corrected chi connectivity index (χ1v) is 7.59. The van der Waals surface area contributed by atoms with Crippen molar-refractivity contribution in [2.75, 3.05) is 6.54 Å². The first kappa shape index (κ1) is 17.2. The second kappa shape index (κ2) is 6.52. The predicted molar refractivity (Wildman–Crippen MR) is 82.1 cm³/mol. The smallest absolute Gasteiger partial charge is 0.410 e. The van der Waals surface area contributed by atoms with Crippen LogP contribution in [-0.4, -0.2) is 40.1 Å². The van der Waals surface area contributed by atoms with E-state index in [1.807, 2.05) is 0 Å². The molecule has 2 heterocycles. The lowest BCUT2D eigenvalue weighted by atomic mass is 10.0. The standard InChI is InChI=1S/C16H22FN3O3/c1-10(13-11(17)6-5-8-18-13)19-14(21)12-7-9-20(12)15(22)23-16(2,3)4/h5-6,8,10,12H,7,9H2,1-4H3,(H,19,21)/t10?,12-/m1/s1. The molecule has 126 valence electrons. The highest BCUT2D eigenvalue weighted by atomic mass is 19.1. The summed E-state index contributed by atoms with van der Waals surface area (Å²) in [7, 11) is 0. The molecule has 1 aliphatic heterocycles. The van der Waals surface area contributed by atoms with E-state index >= 15 is 0 Å². The molecule has 1 saturated heterocycles. The van der Waals surface area contributed by atoms with E-state index in [-0.39, 0.29) is 11.6 Å². The number of rotatable bonds is 3. The molecule has 1 aromatic rings. The van der Waals surface area contributed by atoms with Crippen molar-refractivity contribution in [2.45, 2.75) is 51.8 Å². The lowest BCUT2D eigenvalue weighted by Crippen LogP contribution is -2.59. The lowest BCUT2D eigenvalue weighted by Gasteiger charge is -2.40. The summed E-state index contributed by atoms with van der Waals surface area (Å²) in [5.74, 6) is -0.808. The van der Waals surface area contributed by atoms with Gasteiger partial charge in [0.15, 0.2) is 0 Å². The number of nitrogens with one attached hydrogen (secondary N) is 1. The molecule has 0 radical (unpaired) electrons. The van der Waals surface area contributed by atoms with Gasteiger partial charge in [0, 0.05) is 12.7 Å². The summed E-state index contributed by atoms with van der Waals surface area (Å²) in [5, 5.41) is 2.70. The van der Waals surface area contributed by atoms with E-state index < -0.39 is 29.6 Å². The Morgan fingerprint density at radius 2 is 2.17 bits per heavy atom. The molecule has 0 spiro atoms. The molecule has 1 fully saturated rings. The van der Waals surface area contributed by atoms with Crippen LogP contribution in [-0.2, 0) is 9.53 Å². The van der Waals surface area contributed by atoms with Crippen molar-refractivity contribution in [3.05, 3.63) is 29.8 Å². The van der Waals surface area contributed by atoms with Crippen molar-refractivity contribution in [2.24, 2.45) is 0 Å². The number of carbonyl (C=O) groups excluding carboxylic acids is 2. The molecule has 7 heteroatoms. The van der Waals surface area contributed by atoms with E-state index in [9.17, 15) is 14.0 Å². The zero-order chi connectivity index (χ0) is 17.2.